The number of aromatic nitrogens is 1. The van der Waals surface area contributed by atoms with Gasteiger partial charge < -0.3 is 36.5 Å². The number of rotatable bonds is 25. The van der Waals surface area contributed by atoms with Gasteiger partial charge in [0.2, 0.25) is 11.8 Å². The number of hydrogen-bond donors (Lipinski definition) is 5. The highest BCUT2D eigenvalue weighted by Gasteiger charge is 2.68. The second kappa shape index (κ2) is 21.6. The van der Waals surface area contributed by atoms with Crippen LogP contribution >= 0.6 is 0 Å². The number of aryl methyl sites for hydroxylation is 1. The summed E-state index contributed by atoms with van der Waals surface area (Å²) in [4.78, 5) is 59.0. The minimum atomic E-state index is -4.03. The zero-order valence-corrected chi connectivity index (χ0v) is 39.3. The highest BCUT2D eigenvalue weighted by atomic mass is 32.2. The average Bonchev–Trinajstić information content (AvgIpc) is 3.61. The van der Waals surface area contributed by atoms with E-state index in [1.165, 1.54) is 24.8 Å². The van der Waals surface area contributed by atoms with Crippen LogP contribution in [0.5, 0.6) is 0 Å². The number of nitrogens with zero attached hydrogens (tertiary/aromatic N) is 1. The van der Waals surface area contributed by atoms with Gasteiger partial charge in [-0.3, -0.25) is 24.2 Å². The maximum atomic E-state index is 13.8. The van der Waals surface area contributed by atoms with Crippen LogP contribution < -0.4 is 22.1 Å². The van der Waals surface area contributed by atoms with E-state index in [1.54, 1.807) is 13.0 Å². The van der Waals surface area contributed by atoms with Crippen molar-refractivity contribution in [3.05, 3.63) is 48.2 Å². The first-order valence-corrected chi connectivity index (χ1v) is 24.8. The Hall–Kier alpha value is -3.54. The Morgan fingerprint density at radius 2 is 1.62 bits per heavy atom. The van der Waals surface area contributed by atoms with Crippen LogP contribution in [0.15, 0.2) is 47.5 Å². The molecule has 0 unspecified atom stereocenters. The third-order valence-corrected chi connectivity index (χ3v) is 16.0. The lowest BCUT2D eigenvalue weighted by Gasteiger charge is -2.64. The van der Waals surface area contributed by atoms with Crippen molar-refractivity contribution in [1.29, 1.82) is 0 Å². The molecule has 2 bridgehead atoms. The molecule has 4 aliphatic rings. The number of nitrogens with two attached hydrogens (primary N) is 2. The van der Waals surface area contributed by atoms with Crippen LogP contribution in [0.1, 0.15) is 118 Å². The Bertz CT molecular complexity index is 2000. The molecule has 4 fully saturated rings. The normalized spacial score (nSPS) is 24.2. The van der Waals surface area contributed by atoms with Crippen molar-refractivity contribution in [2.24, 2.45) is 40.6 Å². The van der Waals surface area contributed by atoms with Gasteiger partial charge in [0.25, 0.3) is 0 Å². The van der Waals surface area contributed by atoms with Crippen molar-refractivity contribution in [3.8, 4) is 11.3 Å². The maximum absolute atomic E-state index is 13.8. The fourth-order valence-corrected chi connectivity index (χ4v) is 11.4. The van der Waals surface area contributed by atoms with Gasteiger partial charge in [0.1, 0.15) is 6.04 Å². The number of pyridine rings is 1. The van der Waals surface area contributed by atoms with Gasteiger partial charge in [-0.05, 0) is 119 Å². The third kappa shape index (κ3) is 12.0. The number of sulfone groups is 1. The van der Waals surface area contributed by atoms with E-state index in [0.29, 0.717) is 43.3 Å². The summed E-state index contributed by atoms with van der Waals surface area (Å²) in [5.41, 5.74) is 14.0. The lowest BCUT2D eigenvalue weighted by atomic mass is 9.43. The highest BCUT2D eigenvalue weighted by Crippen LogP contribution is 2.66. The summed E-state index contributed by atoms with van der Waals surface area (Å²) in [6, 6.07) is 8.81. The minimum absolute atomic E-state index is 0.00324. The van der Waals surface area contributed by atoms with E-state index in [0.717, 1.165) is 37.7 Å². The molecule has 1 saturated heterocycles. The van der Waals surface area contributed by atoms with Crippen molar-refractivity contribution >= 4 is 40.3 Å². The molecule has 63 heavy (non-hydrogen) atoms. The van der Waals surface area contributed by atoms with Gasteiger partial charge in [0, 0.05) is 30.5 Å². The standard InChI is InChI=1S/C47H72BN5O9S/c1-8-9-12-32-14-16-33(17-15-32)37-19-18-36(27-51-37)63(59,60)28-34(20-22-50)45(58)53-43(31(4)54)40(56)23-29(2)44(57)52-38(13-10-11-21-49)39(55)24-30(3)48-61-42-26-35-25-41(46(35,5)6)47(42,7)62-48/h14-19,27,29-31,34-35,38,41-43,54H,8-13,20-26,28,49-50H2,1-7H3,(H,52,57)(H,53,58)/t29-,30-,31-,34-,35+,38+,41+,42-,43+,47+/m1/s1. The molecule has 0 radical (unpaired) electrons. The summed E-state index contributed by atoms with van der Waals surface area (Å²) < 4.78 is 40.2. The summed E-state index contributed by atoms with van der Waals surface area (Å²) >= 11 is 0. The van der Waals surface area contributed by atoms with Crippen LogP contribution in [0.3, 0.4) is 0 Å². The molecule has 2 amide bonds. The molecule has 0 spiro atoms. The molecule has 1 aliphatic heterocycles. The minimum Gasteiger partial charge on any atom is -0.405 e. The van der Waals surface area contributed by atoms with E-state index in [-0.39, 0.29) is 53.8 Å². The molecule has 10 atom stereocenters. The smallest absolute Gasteiger partial charge is 0.405 e. The van der Waals surface area contributed by atoms with Crippen LogP contribution in [0.4, 0.5) is 0 Å². The Morgan fingerprint density at radius 3 is 2.22 bits per heavy atom. The largest absolute Gasteiger partial charge is 0.461 e. The number of nitrogens with one attached hydrogen (secondary N) is 2. The number of unbranched alkanes of at least 4 members (excludes halogenated alkanes) is 2. The van der Waals surface area contributed by atoms with Crippen LogP contribution in [-0.2, 0) is 44.7 Å². The molecular weight excluding hydrogens is 821 g/mol. The molecule has 3 aliphatic carbocycles. The van der Waals surface area contributed by atoms with Crippen molar-refractivity contribution in [2.45, 2.75) is 160 Å². The Labute approximate surface area is 375 Å². The second-order valence-corrected chi connectivity index (χ2v) is 21.4. The van der Waals surface area contributed by atoms with Crippen LogP contribution in [0, 0.1) is 29.1 Å². The first kappa shape index (κ1) is 50.5. The first-order valence-electron chi connectivity index (χ1n) is 23.1. The average molecular weight is 894 g/mol. The first-order chi connectivity index (χ1) is 29.7. The predicted molar refractivity (Wildman–Crippen MR) is 244 cm³/mol. The maximum Gasteiger partial charge on any atom is 0.461 e. The second-order valence-electron chi connectivity index (χ2n) is 19.4. The van der Waals surface area contributed by atoms with Crippen LogP contribution in [-0.4, -0.2) is 97.7 Å². The molecule has 2 aromatic rings. The Balaban J connectivity index is 1.17. The van der Waals surface area contributed by atoms with Gasteiger partial charge in [-0.2, -0.15) is 0 Å². The predicted octanol–water partition coefficient (Wildman–Crippen LogP) is 4.98. The van der Waals surface area contributed by atoms with E-state index in [1.807, 2.05) is 31.2 Å². The number of carbonyl (C=O) groups excluding carboxylic acids is 4. The van der Waals surface area contributed by atoms with Gasteiger partial charge >= 0.3 is 7.12 Å². The van der Waals surface area contributed by atoms with Gasteiger partial charge in [0.05, 0.1) is 46.1 Å². The summed E-state index contributed by atoms with van der Waals surface area (Å²) in [5, 5.41) is 16.1. The Morgan fingerprint density at radius 1 is 0.905 bits per heavy atom. The number of aliphatic hydroxyl groups is 1. The number of hydrogen-bond acceptors (Lipinski definition) is 12. The zero-order valence-electron chi connectivity index (χ0n) is 38.4. The van der Waals surface area contributed by atoms with E-state index in [9.17, 15) is 32.7 Å². The molecule has 14 nitrogen and oxygen atoms in total. The lowest BCUT2D eigenvalue weighted by Crippen LogP contribution is -2.65. The van der Waals surface area contributed by atoms with E-state index < -0.39 is 75.9 Å². The monoisotopic (exact) mass is 894 g/mol. The quantitative estimate of drug-likeness (QED) is 0.0657. The summed E-state index contributed by atoms with van der Waals surface area (Å²) in [6.07, 6.45) is 6.51. The summed E-state index contributed by atoms with van der Waals surface area (Å²) in [6.45, 7) is 14.1. The van der Waals surface area contributed by atoms with E-state index >= 15 is 0 Å². The molecule has 348 valence electrons. The summed E-state index contributed by atoms with van der Waals surface area (Å²) in [7, 11) is -4.57. The molecule has 6 rings (SSSR count). The van der Waals surface area contributed by atoms with Gasteiger partial charge in [-0.1, -0.05) is 65.3 Å². The molecule has 16 heteroatoms. The van der Waals surface area contributed by atoms with Crippen LogP contribution in [0.25, 0.3) is 11.3 Å². The lowest BCUT2D eigenvalue weighted by molar-refractivity contribution is -0.199. The fourth-order valence-electron chi connectivity index (χ4n) is 9.89. The number of aliphatic hydroxyl groups excluding tert-OH is 1. The Kier molecular flexibility index (Phi) is 17.3. The number of benzene rings is 1. The molecule has 1 aromatic carbocycles. The number of ketones is 2. The molecule has 1 aromatic heterocycles. The SMILES string of the molecule is CCCCc1ccc(-c2ccc(S(=O)(=O)C[C@@H](CCN)C(=O)N[C@H](C(=O)C[C@@H](C)C(=O)N[C@@H](CCCCN)C(=O)C[C@@H](C)B3O[C@@H]4C[C@@H]5C[C@@H](C5(C)C)[C@]4(C)O3)[C@@H](C)O)cn2)cc1. The molecular formula is C47H72BN5O9S. The van der Waals surface area contributed by atoms with Crippen LogP contribution in [0.2, 0.25) is 5.82 Å². The van der Waals surface area contributed by atoms with Gasteiger partial charge in [-0.25, -0.2) is 8.42 Å². The van der Waals surface area contributed by atoms with Crippen molar-refractivity contribution in [2.75, 3.05) is 18.8 Å². The summed E-state index contributed by atoms with van der Waals surface area (Å²) in [5.74, 6) is -4.03. The molecule has 3 saturated carbocycles. The van der Waals surface area contributed by atoms with Crippen molar-refractivity contribution in [1.82, 2.24) is 15.6 Å². The zero-order chi connectivity index (χ0) is 46.3. The topological polar surface area (TPSA) is 230 Å². The number of amides is 2. The van der Waals surface area contributed by atoms with E-state index in [2.05, 4.69) is 43.3 Å². The number of Topliss-reactive ketones (excluding diaryl/α,β-unsaturated/α-hetero) is 2. The van der Waals surface area contributed by atoms with Gasteiger partial charge in [0.15, 0.2) is 21.4 Å². The third-order valence-electron chi connectivity index (χ3n) is 14.2. The van der Waals surface area contributed by atoms with E-state index in [4.69, 9.17) is 20.8 Å². The van der Waals surface area contributed by atoms with Gasteiger partial charge in [-0.15, -0.1) is 0 Å². The fraction of sp³-hybridized carbons (Fsp3) is 0.681. The van der Waals surface area contributed by atoms with Crippen molar-refractivity contribution in [3.63, 3.8) is 0 Å². The van der Waals surface area contributed by atoms with Crippen molar-refractivity contribution < 1.29 is 42.0 Å². The highest BCUT2D eigenvalue weighted by molar-refractivity contribution is 7.91. The number of carbonyl (C=O) groups is 4. The molecule has 2 heterocycles. The molecule has 7 N–H and O–H groups in total.